The van der Waals surface area contributed by atoms with Crippen LogP contribution in [0.2, 0.25) is 0 Å². The Kier molecular flexibility index (Phi) is 3.91. The van der Waals surface area contributed by atoms with Gasteiger partial charge in [-0.3, -0.25) is 20.3 Å². The fourth-order valence-electron chi connectivity index (χ4n) is 1.40. The summed E-state index contributed by atoms with van der Waals surface area (Å²) in [6.45, 7) is -0.0218. The predicted molar refractivity (Wildman–Crippen MR) is 65.6 cm³/mol. The van der Waals surface area contributed by atoms with E-state index in [1.807, 2.05) is 5.43 Å². The Hall–Kier alpha value is -2.94. The van der Waals surface area contributed by atoms with Crippen LogP contribution in [0.3, 0.4) is 0 Å². The van der Waals surface area contributed by atoms with Crippen LogP contribution in [0, 0.1) is 10.1 Å². The minimum absolute atomic E-state index is 0.0187. The number of nitrogens with one attached hydrogen (secondary N) is 1. The third-order valence-electron chi connectivity index (χ3n) is 2.33. The average Bonchev–Trinajstić information content (AvgIpc) is 2.93. The Bertz CT molecular complexity index is 639. The van der Waals surface area contributed by atoms with E-state index < -0.39 is 10.8 Å². The standard InChI is InChI=1S/C11H10N4O5/c12-13-11(16)10-5-9(20-14-10)6-19-8-3-1-2-7(4-8)15(17)18/h1-5H,6,12H2,(H,13,16). The molecule has 0 aliphatic carbocycles. The van der Waals surface area contributed by atoms with Gasteiger partial charge >= 0.3 is 0 Å². The SMILES string of the molecule is NNC(=O)c1cc(COc2cccc([N+](=O)[O-])c2)on1. The van der Waals surface area contributed by atoms with E-state index >= 15 is 0 Å². The van der Waals surface area contributed by atoms with E-state index in [9.17, 15) is 14.9 Å². The zero-order valence-electron chi connectivity index (χ0n) is 10.1. The summed E-state index contributed by atoms with van der Waals surface area (Å²) in [5.41, 5.74) is 1.85. The first-order valence-electron chi connectivity index (χ1n) is 5.44. The van der Waals surface area contributed by atoms with Crippen molar-refractivity contribution in [3.8, 4) is 5.75 Å². The van der Waals surface area contributed by atoms with Crippen LogP contribution in [0.15, 0.2) is 34.9 Å². The van der Waals surface area contributed by atoms with E-state index in [1.165, 1.54) is 24.3 Å². The Morgan fingerprint density at radius 2 is 2.30 bits per heavy atom. The fraction of sp³-hybridized carbons (Fsp3) is 0.0909. The molecule has 0 spiro atoms. The Labute approximate surface area is 112 Å². The van der Waals surface area contributed by atoms with Crippen LogP contribution in [-0.4, -0.2) is 16.0 Å². The Morgan fingerprint density at radius 3 is 3.00 bits per heavy atom. The lowest BCUT2D eigenvalue weighted by molar-refractivity contribution is -0.384. The van der Waals surface area contributed by atoms with Crippen molar-refractivity contribution in [2.45, 2.75) is 6.61 Å². The summed E-state index contributed by atoms with van der Waals surface area (Å²) in [6, 6.07) is 7.06. The van der Waals surface area contributed by atoms with E-state index in [1.54, 1.807) is 6.07 Å². The minimum atomic E-state index is -0.588. The molecule has 1 aromatic carbocycles. The van der Waals surface area contributed by atoms with Gasteiger partial charge in [-0.1, -0.05) is 11.2 Å². The largest absolute Gasteiger partial charge is 0.485 e. The highest BCUT2D eigenvalue weighted by Gasteiger charge is 2.12. The number of nitrogens with zero attached hydrogens (tertiary/aromatic N) is 2. The van der Waals surface area contributed by atoms with Gasteiger partial charge in [-0.25, -0.2) is 5.84 Å². The number of aromatic nitrogens is 1. The maximum absolute atomic E-state index is 11.1. The number of rotatable bonds is 5. The zero-order valence-corrected chi connectivity index (χ0v) is 10.1. The second-order valence-corrected chi connectivity index (χ2v) is 3.70. The minimum Gasteiger partial charge on any atom is -0.485 e. The van der Waals surface area contributed by atoms with Gasteiger partial charge in [0, 0.05) is 12.1 Å². The number of nitro groups is 1. The number of carbonyl (C=O) groups excluding carboxylic acids is 1. The molecule has 0 fully saturated rings. The first-order chi connectivity index (χ1) is 9.60. The van der Waals surface area contributed by atoms with Crippen LogP contribution in [-0.2, 0) is 6.61 Å². The summed E-state index contributed by atoms with van der Waals surface area (Å²) in [5.74, 6) is 4.95. The number of ether oxygens (including phenoxy) is 1. The lowest BCUT2D eigenvalue weighted by Crippen LogP contribution is -2.30. The predicted octanol–water partition coefficient (Wildman–Crippen LogP) is 0.765. The van der Waals surface area contributed by atoms with Gasteiger partial charge in [-0.2, -0.15) is 0 Å². The molecule has 0 radical (unpaired) electrons. The molecule has 0 unspecified atom stereocenters. The van der Waals surface area contributed by atoms with Gasteiger partial charge in [0.05, 0.1) is 11.0 Å². The molecular formula is C11H10N4O5. The third kappa shape index (κ3) is 3.09. The van der Waals surface area contributed by atoms with Crippen LogP contribution in [0.25, 0.3) is 0 Å². The van der Waals surface area contributed by atoms with Crippen LogP contribution >= 0.6 is 0 Å². The number of benzene rings is 1. The van der Waals surface area contributed by atoms with E-state index in [2.05, 4.69) is 5.16 Å². The van der Waals surface area contributed by atoms with E-state index in [4.69, 9.17) is 15.1 Å². The lowest BCUT2D eigenvalue weighted by atomic mass is 10.3. The molecule has 2 aromatic rings. The van der Waals surface area contributed by atoms with Gasteiger partial charge in [-0.05, 0) is 6.07 Å². The number of hydrazine groups is 1. The molecule has 3 N–H and O–H groups in total. The average molecular weight is 278 g/mol. The van der Waals surface area contributed by atoms with Gasteiger partial charge in [0.2, 0.25) is 0 Å². The molecule has 0 aliphatic heterocycles. The molecule has 0 atom stereocenters. The number of nitro benzene ring substituents is 1. The van der Waals surface area contributed by atoms with Crippen molar-refractivity contribution in [3.63, 3.8) is 0 Å². The van der Waals surface area contributed by atoms with Crippen LogP contribution in [0.4, 0.5) is 5.69 Å². The first-order valence-corrected chi connectivity index (χ1v) is 5.44. The summed E-state index contributed by atoms with van der Waals surface area (Å²) in [7, 11) is 0. The van der Waals surface area contributed by atoms with Crippen molar-refractivity contribution in [2.24, 2.45) is 5.84 Å². The molecule has 1 aromatic heterocycles. The summed E-state index contributed by atoms with van der Waals surface area (Å²) in [4.78, 5) is 21.2. The van der Waals surface area contributed by atoms with E-state index in [0.717, 1.165) is 0 Å². The fourth-order valence-corrected chi connectivity index (χ4v) is 1.40. The van der Waals surface area contributed by atoms with Crippen molar-refractivity contribution in [1.29, 1.82) is 0 Å². The molecule has 2 rings (SSSR count). The van der Waals surface area contributed by atoms with Crippen molar-refractivity contribution in [2.75, 3.05) is 0 Å². The van der Waals surface area contributed by atoms with E-state index in [0.29, 0.717) is 5.75 Å². The van der Waals surface area contributed by atoms with Gasteiger partial charge in [0.15, 0.2) is 11.5 Å². The molecule has 0 saturated carbocycles. The van der Waals surface area contributed by atoms with Crippen LogP contribution in [0.5, 0.6) is 5.75 Å². The summed E-state index contributed by atoms with van der Waals surface area (Å²) >= 11 is 0. The lowest BCUT2D eigenvalue weighted by Gasteiger charge is -2.02. The maximum atomic E-state index is 11.1. The summed E-state index contributed by atoms with van der Waals surface area (Å²) in [6.07, 6.45) is 0. The number of carbonyl (C=O) groups is 1. The summed E-state index contributed by atoms with van der Waals surface area (Å²) < 4.78 is 10.2. The molecule has 20 heavy (non-hydrogen) atoms. The number of non-ortho nitro benzene ring substituents is 1. The summed E-state index contributed by atoms with van der Waals surface area (Å²) in [5, 5.41) is 14.1. The molecule has 9 heteroatoms. The number of amides is 1. The molecule has 0 aliphatic rings. The van der Waals surface area contributed by atoms with Gasteiger partial charge in [0.1, 0.15) is 12.4 Å². The maximum Gasteiger partial charge on any atom is 0.287 e. The van der Waals surface area contributed by atoms with Crippen molar-refractivity contribution < 1.29 is 19.0 Å². The van der Waals surface area contributed by atoms with Crippen molar-refractivity contribution in [1.82, 2.24) is 10.6 Å². The highest BCUT2D eigenvalue weighted by atomic mass is 16.6. The smallest absolute Gasteiger partial charge is 0.287 e. The Morgan fingerprint density at radius 1 is 1.50 bits per heavy atom. The number of nitrogen functional groups attached to an aromatic ring is 1. The number of hydrogen-bond acceptors (Lipinski definition) is 7. The molecule has 0 saturated heterocycles. The van der Waals surface area contributed by atoms with Crippen molar-refractivity contribution in [3.05, 3.63) is 51.9 Å². The molecule has 104 valence electrons. The molecule has 9 nitrogen and oxygen atoms in total. The quantitative estimate of drug-likeness (QED) is 0.357. The monoisotopic (exact) mass is 278 g/mol. The topological polar surface area (TPSA) is 134 Å². The van der Waals surface area contributed by atoms with Crippen molar-refractivity contribution >= 4 is 11.6 Å². The highest BCUT2D eigenvalue weighted by molar-refractivity contribution is 5.91. The number of nitrogens with two attached hydrogens (primary N) is 1. The highest BCUT2D eigenvalue weighted by Crippen LogP contribution is 2.20. The molecular weight excluding hydrogens is 268 g/mol. The molecule has 0 bridgehead atoms. The second kappa shape index (κ2) is 5.80. The van der Waals surface area contributed by atoms with Gasteiger partial charge < -0.3 is 9.26 Å². The van der Waals surface area contributed by atoms with Crippen LogP contribution < -0.4 is 16.0 Å². The van der Waals surface area contributed by atoms with E-state index in [-0.39, 0.29) is 23.7 Å². The first kappa shape index (κ1) is 13.5. The van der Waals surface area contributed by atoms with Gasteiger partial charge in [-0.15, -0.1) is 0 Å². The number of hydrogen-bond donors (Lipinski definition) is 2. The zero-order chi connectivity index (χ0) is 14.5. The normalized spacial score (nSPS) is 10.1. The second-order valence-electron chi connectivity index (χ2n) is 3.70. The third-order valence-corrected chi connectivity index (χ3v) is 2.33. The Balaban J connectivity index is 2.01. The van der Waals surface area contributed by atoms with Crippen LogP contribution in [0.1, 0.15) is 16.2 Å². The molecule has 1 heterocycles. The molecule has 1 amide bonds. The van der Waals surface area contributed by atoms with Gasteiger partial charge in [0.25, 0.3) is 11.6 Å².